The van der Waals surface area contributed by atoms with Crippen molar-refractivity contribution >= 4 is 39.2 Å². The van der Waals surface area contributed by atoms with Crippen LogP contribution in [0.1, 0.15) is 16.7 Å². The molecule has 0 atom stereocenters. The molecule has 0 aliphatic heterocycles. The van der Waals surface area contributed by atoms with Crippen LogP contribution in [0.2, 0.25) is 0 Å². The third-order valence-corrected chi connectivity index (χ3v) is 6.70. The maximum absolute atomic E-state index is 13.8. The molecule has 5 nitrogen and oxygen atoms in total. The van der Waals surface area contributed by atoms with Crippen LogP contribution in [0.4, 0.5) is 8.78 Å². The van der Waals surface area contributed by atoms with Crippen LogP contribution in [0, 0.1) is 25.5 Å². The summed E-state index contributed by atoms with van der Waals surface area (Å²) in [5.74, 6) is -1.76. The highest BCUT2D eigenvalue weighted by Gasteiger charge is 2.17. The van der Waals surface area contributed by atoms with Gasteiger partial charge in [0.05, 0.1) is 17.0 Å². The first-order valence-corrected chi connectivity index (χ1v) is 11.6. The Kier molecular flexibility index (Phi) is 6.38. The van der Waals surface area contributed by atoms with E-state index in [0.29, 0.717) is 21.1 Å². The van der Waals surface area contributed by atoms with E-state index in [1.165, 1.54) is 22.0 Å². The Hall–Kier alpha value is -3.04. The van der Waals surface area contributed by atoms with E-state index in [1.54, 1.807) is 6.07 Å². The van der Waals surface area contributed by atoms with E-state index in [4.69, 9.17) is 0 Å². The van der Waals surface area contributed by atoms with Gasteiger partial charge in [-0.2, -0.15) is 0 Å². The fourth-order valence-corrected chi connectivity index (χ4v) is 4.89. The number of nitrogens with zero attached hydrogens (tertiary/aromatic N) is 2. The fourth-order valence-electron chi connectivity index (χ4n) is 3.30. The molecule has 1 N–H and O–H groups in total. The van der Waals surface area contributed by atoms with Crippen LogP contribution in [0.25, 0.3) is 15.9 Å². The summed E-state index contributed by atoms with van der Waals surface area (Å²) >= 11 is 2.45. The second kappa shape index (κ2) is 9.22. The molecule has 0 spiro atoms. The van der Waals surface area contributed by atoms with Gasteiger partial charge in [-0.3, -0.25) is 14.2 Å². The lowest BCUT2D eigenvalue weighted by Crippen LogP contribution is -2.26. The van der Waals surface area contributed by atoms with Crippen molar-refractivity contribution in [2.75, 3.05) is 5.75 Å². The first-order valence-electron chi connectivity index (χ1n) is 9.75. The molecule has 32 heavy (non-hydrogen) atoms. The van der Waals surface area contributed by atoms with E-state index in [0.717, 1.165) is 35.0 Å². The lowest BCUT2D eigenvalue weighted by atomic mass is 10.1. The zero-order valence-electron chi connectivity index (χ0n) is 17.3. The lowest BCUT2D eigenvalue weighted by molar-refractivity contribution is -0.118. The van der Waals surface area contributed by atoms with Crippen molar-refractivity contribution in [3.63, 3.8) is 0 Å². The molecule has 2 aromatic heterocycles. The zero-order valence-corrected chi connectivity index (χ0v) is 18.9. The number of hydrogen-bond acceptors (Lipinski definition) is 5. The first-order chi connectivity index (χ1) is 15.3. The van der Waals surface area contributed by atoms with E-state index in [-0.39, 0.29) is 29.3 Å². The summed E-state index contributed by atoms with van der Waals surface area (Å²) in [6.45, 7) is 3.84. The number of thioether (sulfide) groups is 1. The standard InChI is InChI=1S/C23H19F2N3O2S2/c1-13-3-6-19(14(2)9-13)28-22(30)21-18(7-8-31-21)27-23(28)32-12-20(29)26-11-15-4-5-16(24)10-17(15)25/h3-10H,11-12H2,1-2H3,(H,26,29). The van der Waals surface area contributed by atoms with Gasteiger partial charge < -0.3 is 5.32 Å². The van der Waals surface area contributed by atoms with Gasteiger partial charge in [0.2, 0.25) is 5.91 Å². The van der Waals surface area contributed by atoms with Crippen LogP contribution in [0.5, 0.6) is 0 Å². The second-order valence-electron chi connectivity index (χ2n) is 7.26. The highest BCUT2D eigenvalue weighted by atomic mass is 32.2. The van der Waals surface area contributed by atoms with Crippen LogP contribution in [0.3, 0.4) is 0 Å². The number of fused-ring (bicyclic) bond motifs is 1. The number of aromatic nitrogens is 2. The number of carbonyl (C=O) groups excluding carboxylic acids is 1. The van der Waals surface area contributed by atoms with Gasteiger partial charge in [-0.05, 0) is 43.0 Å². The van der Waals surface area contributed by atoms with Crippen LogP contribution in [0.15, 0.2) is 57.8 Å². The maximum atomic E-state index is 13.8. The quantitative estimate of drug-likeness (QED) is 0.326. The molecule has 0 aliphatic rings. The zero-order chi connectivity index (χ0) is 22.8. The van der Waals surface area contributed by atoms with E-state index in [9.17, 15) is 18.4 Å². The van der Waals surface area contributed by atoms with Gasteiger partial charge in [0.25, 0.3) is 5.56 Å². The van der Waals surface area contributed by atoms with Crippen molar-refractivity contribution in [2.45, 2.75) is 25.5 Å². The molecule has 2 heterocycles. The summed E-state index contributed by atoms with van der Waals surface area (Å²) in [6, 6.07) is 10.8. The molecule has 1 amide bonds. The number of benzene rings is 2. The minimum Gasteiger partial charge on any atom is -0.351 e. The molecule has 0 radical (unpaired) electrons. The molecule has 164 valence electrons. The molecule has 0 bridgehead atoms. The molecule has 0 unspecified atom stereocenters. The van der Waals surface area contributed by atoms with Crippen LogP contribution >= 0.6 is 23.1 Å². The fraction of sp³-hybridized carbons (Fsp3) is 0.174. The Morgan fingerprint density at radius 2 is 1.97 bits per heavy atom. The number of aryl methyl sites for hydroxylation is 2. The predicted molar refractivity (Wildman–Crippen MR) is 124 cm³/mol. The highest BCUT2D eigenvalue weighted by molar-refractivity contribution is 7.99. The molecular weight excluding hydrogens is 452 g/mol. The Labute approximate surface area is 191 Å². The summed E-state index contributed by atoms with van der Waals surface area (Å²) < 4.78 is 28.9. The van der Waals surface area contributed by atoms with Gasteiger partial charge in [0.15, 0.2) is 5.16 Å². The molecule has 0 saturated heterocycles. The SMILES string of the molecule is Cc1ccc(-n2c(SCC(=O)NCc3ccc(F)cc3F)nc3ccsc3c2=O)c(C)c1. The largest absolute Gasteiger partial charge is 0.351 e. The number of rotatable bonds is 6. The van der Waals surface area contributed by atoms with Crippen molar-refractivity contribution in [3.8, 4) is 5.69 Å². The van der Waals surface area contributed by atoms with Crippen molar-refractivity contribution in [1.29, 1.82) is 0 Å². The van der Waals surface area contributed by atoms with E-state index in [2.05, 4.69) is 10.3 Å². The van der Waals surface area contributed by atoms with E-state index in [1.807, 2.05) is 37.4 Å². The number of halogens is 2. The van der Waals surface area contributed by atoms with Crippen LogP contribution in [-0.4, -0.2) is 21.2 Å². The predicted octanol–water partition coefficient (Wildman–Crippen LogP) is 4.75. The Bertz CT molecular complexity index is 1380. The van der Waals surface area contributed by atoms with Crippen LogP contribution < -0.4 is 10.9 Å². The Morgan fingerprint density at radius 3 is 2.72 bits per heavy atom. The van der Waals surface area contributed by atoms with Gasteiger partial charge in [0, 0.05) is 18.2 Å². The second-order valence-corrected chi connectivity index (χ2v) is 9.12. The number of amides is 1. The maximum Gasteiger partial charge on any atom is 0.276 e. The Morgan fingerprint density at radius 1 is 1.16 bits per heavy atom. The third-order valence-electron chi connectivity index (χ3n) is 4.87. The van der Waals surface area contributed by atoms with Gasteiger partial charge in [-0.1, -0.05) is 35.5 Å². The molecule has 2 aromatic carbocycles. The van der Waals surface area contributed by atoms with Gasteiger partial charge in [0.1, 0.15) is 16.3 Å². The van der Waals surface area contributed by atoms with Crippen molar-refractivity contribution in [3.05, 3.63) is 86.5 Å². The van der Waals surface area contributed by atoms with E-state index < -0.39 is 11.6 Å². The summed E-state index contributed by atoms with van der Waals surface area (Å²) in [6.07, 6.45) is 0. The first kappa shape index (κ1) is 22.2. The molecule has 0 saturated carbocycles. The average Bonchev–Trinajstić information content (AvgIpc) is 3.21. The summed E-state index contributed by atoms with van der Waals surface area (Å²) in [5.41, 5.74) is 3.29. The normalized spacial score (nSPS) is 11.1. The number of hydrogen-bond donors (Lipinski definition) is 1. The minimum atomic E-state index is -0.716. The minimum absolute atomic E-state index is 0.0180. The molecule has 9 heteroatoms. The summed E-state index contributed by atoms with van der Waals surface area (Å²) in [5, 5.41) is 4.83. The Balaban J connectivity index is 1.58. The molecule has 4 aromatic rings. The lowest BCUT2D eigenvalue weighted by Gasteiger charge is -2.14. The highest BCUT2D eigenvalue weighted by Crippen LogP contribution is 2.25. The van der Waals surface area contributed by atoms with Gasteiger partial charge in [-0.25, -0.2) is 13.8 Å². The van der Waals surface area contributed by atoms with Crippen LogP contribution in [-0.2, 0) is 11.3 Å². The van der Waals surface area contributed by atoms with Gasteiger partial charge >= 0.3 is 0 Å². The van der Waals surface area contributed by atoms with Crippen molar-refractivity contribution in [2.24, 2.45) is 0 Å². The smallest absolute Gasteiger partial charge is 0.276 e. The summed E-state index contributed by atoms with van der Waals surface area (Å²) in [4.78, 5) is 30.2. The van der Waals surface area contributed by atoms with E-state index >= 15 is 0 Å². The van der Waals surface area contributed by atoms with Crippen molar-refractivity contribution < 1.29 is 13.6 Å². The molecular formula is C23H19F2N3O2S2. The average molecular weight is 472 g/mol. The third kappa shape index (κ3) is 4.58. The molecule has 0 fully saturated rings. The molecule has 0 aliphatic carbocycles. The monoisotopic (exact) mass is 471 g/mol. The summed E-state index contributed by atoms with van der Waals surface area (Å²) in [7, 11) is 0. The molecule has 4 rings (SSSR count). The topological polar surface area (TPSA) is 64.0 Å². The number of thiophene rings is 1. The number of carbonyl (C=O) groups is 1. The van der Waals surface area contributed by atoms with Gasteiger partial charge in [-0.15, -0.1) is 11.3 Å². The number of nitrogens with one attached hydrogen (secondary N) is 1. The van der Waals surface area contributed by atoms with Crippen molar-refractivity contribution in [1.82, 2.24) is 14.9 Å².